The smallest absolute Gasteiger partial charge is 0.171 e. The Morgan fingerprint density at radius 2 is 1.88 bits per heavy atom. The van der Waals surface area contributed by atoms with Crippen LogP contribution in [0.15, 0.2) is 35.7 Å². The predicted molar refractivity (Wildman–Crippen MR) is 68.8 cm³/mol. The van der Waals surface area contributed by atoms with Crippen molar-refractivity contribution in [2.24, 2.45) is 0 Å². The first-order valence-electron chi connectivity index (χ1n) is 5.51. The predicted octanol–water partition coefficient (Wildman–Crippen LogP) is 3.26. The molecule has 16 heavy (non-hydrogen) atoms. The Labute approximate surface area is 97.9 Å². The van der Waals surface area contributed by atoms with Gasteiger partial charge in [0.25, 0.3) is 0 Å². The number of rotatable bonds is 5. The second kappa shape index (κ2) is 5.85. The van der Waals surface area contributed by atoms with Crippen molar-refractivity contribution >= 4 is 15.4 Å². The van der Waals surface area contributed by atoms with Gasteiger partial charge < -0.3 is 0 Å². The number of sulfone groups is 1. The maximum absolute atomic E-state index is 11.7. The fourth-order valence-corrected chi connectivity index (χ4v) is 2.93. The van der Waals surface area contributed by atoms with Crippen molar-refractivity contribution in [1.82, 2.24) is 0 Å². The van der Waals surface area contributed by atoms with Crippen LogP contribution in [0, 0.1) is 0 Å². The third kappa shape index (κ3) is 4.19. The molecule has 0 spiro atoms. The second-order valence-electron chi connectivity index (χ2n) is 3.89. The van der Waals surface area contributed by atoms with Crippen LogP contribution >= 0.6 is 0 Å². The lowest BCUT2D eigenvalue weighted by Crippen LogP contribution is -2.02. The van der Waals surface area contributed by atoms with Crippen molar-refractivity contribution in [2.75, 3.05) is 5.75 Å². The normalized spacial score (nSPS) is 12.8. The highest BCUT2D eigenvalue weighted by atomic mass is 32.2. The second-order valence-corrected chi connectivity index (χ2v) is 5.86. The molecule has 0 saturated heterocycles. The number of benzene rings is 1. The molecule has 0 aromatic heterocycles. The van der Waals surface area contributed by atoms with Gasteiger partial charge >= 0.3 is 0 Å². The molecule has 1 rings (SSSR count). The minimum Gasteiger partial charge on any atom is -0.224 e. The van der Waals surface area contributed by atoms with Crippen LogP contribution in [-0.4, -0.2) is 14.2 Å². The van der Waals surface area contributed by atoms with E-state index in [1.54, 1.807) is 0 Å². The molecule has 3 heteroatoms. The Morgan fingerprint density at radius 1 is 1.25 bits per heavy atom. The van der Waals surface area contributed by atoms with Crippen LogP contribution in [-0.2, 0) is 9.84 Å². The van der Waals surface area contributed by atoms with Gasteiger partial charge in [-0.1, -0.05) is 43.7 Å². The lowest BCUT2D eigenvalue weighted by Gasteiger charge is -2.02. The van der Waals surface area contributed by atoms with Crippen LogP contribution in [0.1, 0.15) is 32.3 Å². The van der Waals surface area contributed by atoms with Gasteiger partial charge in [0.05, 0.1) is 5.75 Å². The van der Waals surface area contributed by atoms with Crippen LogP contribution in [0.2, 0.25) is 0 Å². The summed E-state index contributed by atoms with van der Waals surface area (Å²) in [5.74, 6) is 0.244. The van der Waals surface area contributed by atoms with E-state index in [0.29, 0.717) is 0 Å². The topological polar surface area (TPSA) is 34.1 Å². The SMILES string of the molecule is CCCCS(=O)(=O)C=C(C)c1ccccc1. The molecule has 0 bridgehead atoms. The molecule has 2 nitrogen and oxygen atoms in total. The number of allylic oxidation sites excluding steroid dienone is 1. The summed E-state index contributed by atoms with van der Waals surface area (Å²) in [5, 5.41) is 1.39. The summed E-state index contributed by atoms with van der Waals surface area (Å²) in [7, 11) is -3.05. The molecule has 0 radical (unpaired) electrons. The summed E-state index contributed by atoms with van der Waals surface area (Å²) in [5.41, 5.74) is 1.76. The Balaban J connectivity index is 2.85. The van der Waals surface area contributed by atoms with Gasteiger partial charge in [-0.25, -0.2) is 8.42 Å². The van der Waals surface area contributed by atoms with Gasteiger partial charge in [0.15, 0.2) is 9.84 Å². The van der Waals surface area contributed by atoms with Crippen LogP contribution in [0.4, 0.5) is 0 Å². The van der Waals surface area contributed by atoms with E-state index >= 15 is 0 Å². The zero-order valence-electron chi connectivity index (χ0n) is 9.81. The zero-order chi connectivity index (χ0) is 12.0. The highest BCUT2D eigenvalue weighted by Gasteiger charge is 2.07. The number of unbranched alkanes of at least 4 members (excludes halogenated alkanes) is 1. The van der Waals surface area contributed by atoms with Gasteiger partial charge in [0.2, 0.25) is 0 Å². The Morgan fingerprint density at radius 3 is 2.44 bits per heavy atom. The molecule has 0 unspecified atom stereocenters. The highest BCUT2D eigenvalue weighted by molar-refractivity contribution is 7.94. The number of hydrogen-bond donors (Lipinski definition) is 0. The molecule has 1 aromatic rings. The third-order valence-electron chi connectivity index (χ3n) is 2.37. The molecule has 0 aliphatic heterocycles. The van der Waals surface area contributed by atoms with Crippen molar-refractivity contribution in [2.45, 2.75) is 26.7 Å². The Bertz CT molecular complexity index is 444. The van der Waals surface area contributed by atoms with Crippen molar-refractivity contribution in [3.63, 3.8) is 0 Å². The van der Waals surface area contributed by atoms with E-state index in [1.165, 1.54) is 5.41 Å². The summed E-state index contributed by atoms with van der Waals surface area (Å²) < 4.78 is 23.4. The van der Waals surface area contributed by atoms with Gasteiger partial charge in [-0.3, -0.25) is 0 Å². The Kier molecular flexibility index (Phi) is 4.74. The molecule has 88 valence electrons. The van der Waals surface area contributed by atoms with Gasteiger partial charge in [0, 0.05) is 5.41 Å². The highest BCUT2D eigenvalue weighted by Crippen LogP contribution is 2.15. The first kappa shape index (κ1) is 13.0. The van der Waals surface area contributed by atoms with E-state index in [0.717, 1.165) is 24.0 Å². The van der Waals surface area contributed by atoms with E-state index in [2.05, 4.69) is 0 Å². The molecule has 1 aromatic carbocycles. The summed E-state index contributed by atoms with van der Waals surface area (Å²) >= 11 is 0. The molecule has 0 aliphatic rings. The minimum absolute atomic E-state index is 0.244. The Hall–Kier alpha value is -1.09. The lowest BCUT2D eigenvalue weighted by atomic mass is 10.1. The minimum atomic E-state index is -3.05. The van der Waals surface area contributed by atoms with Gasteiger partial charge in [-0.2, -0.15) is 0 Å². The summed E-state index contributed by atoms with van der Waals surface area (Å²) in [6, 6.07) is 9.57. The van der Waals surface area contributed by atoms with Crippen LogP contribution in [0.3, 0.4) is 0 Å². The molecule has 0 N–H and O–H groups in total. The largest absolute Gasteiger partial charge is 0.224 e. The van der Waals surface area contributed by atoms with Gasteiger partial charge in [-0.15, -0.1) is 0 Å². The first-order valence-corrected chi connectivity index (χ1v) is 7.23. The summed E-state index contributed by atoms with van der Waals surface area (Å²) in [6.07, 6.45) is 1.62. The molecule has 0 saturated carbocycles. The molecule has 0 aliphatic carbocycles. The molecule has 0 atom stereocenters. The average Bonchev–Trinajstić information content (AvgIpc) is 2.27. The molecular weight excluding hydrogens is 220 g/mol. The fourth-order valence-electron chi connectivity index (χ4n) is 1.44. The van der Waals surface area contributed by atoms with Crippen LogP contribution in [0.25, 0.3) is 5.57 Å². The maximum atomic E-state index is 11.7. The fraction of sp³-hybridized carbons (Fsp3) is 0.385. The third-order valence-corrected chi connectivity index (χ3v) is 3.94. The van der Waals surface area contributed by atoms with Crippen molar-refractivity contribution in [1.29, 1.82) is 0 Å². The zero-order valence-corrected chi connectivity index (χ0v) is 10.6. The van der Waals surface area contributed by atoms with Crippen molar-refractivity contribution in [3.8, 4) is 0 Å². The van der Waals surface area contributed by atoms with E-state index in [4.69, 9.17) is 0 Å². The molecule has 0 fully saturated rings. The first-order chi connectivity index (χ1) is 7.55. The molecular formula is C13H18O2S. The van der Waals surface area contributed by atoms with E-state index in [1.807, 2.05) is 44.2 Å². The summed E-state index contributed by atoms with van der Waals surface area (Å²) in [4.78, 5) is 0. The quantitative estimate of drug-likeness (QED) is 0.789. The van der Waals surface area contributed by atoms with Crippen molar-refractivity contribution in [3.05, 3.63) is 41.3 Å². The summed E-state index contributed by atoms with van der Waals surface area (Å²) in [6.45, 7) is 3.82. The van der Waals surface area contributed by atoms with Gasteiger partial charge in [-0.05, 0) is 24.5 Å². The number of hydrogen-bond acceptors (Lipinski definition) is 2. The van der Waals surface area contributed by atoms with Crippen LogP contribution in [0.5, 0.6) is 0 Å². The maximum Gasteiger partial charge on any atom is 0.171 e. The van der Waals surface area contributed by atoms with E-state index < -0.39 is 9.84 Å². The molecule has 0 amide bonds. The lowest BCUT2D eigenvalue weighted by molar-refractivity contribution is 0.601. The van der Waals surface area contributed by atoms with E-state index in [-0.39, 0.29) is 5.75 Å². The standard InChI is InChI=1S/C13H18O2S/c1-3-4-10-16(14,15)11-12(2)13-8-6-5-7-9-13/h5-9,11H,3-4,10H2,1-2H3. The molecule has 0 heterocycles. The monoisotopic (exact) mass is 238 g/mol. The van der Waals surface area contributed by atoms with E-state index in [9.17, 15) is 8.42 Å². The van der Waals surface area contributed by atoms with Crippen LogP contribution < -0.4 is 0 Å². The van der Waals surface area contributed by atoms with Crippen molar-refractivity contribution < 1.29 is 8.42 Å². The average molecular weight is 238 g/mol. The van der Waals surface area contributed by atoms with Gasteiger partial charge in [0.1, 0.15) is 0 Å².